The van der Waals surface area contributed by atoms with E-state index < -0.39 is 23.8 Å². The molecule has 1 amide bonds. The van der Waals surface area contributed by atoms with Crippen molar-refractivity contribution >= 4 is 23.0 Å². The molecule has 0 spiro atoms. The molecule has 166 valence electrons. The number of hydrogen-bond acceptors (Lipinski definition) is 4. The van der Waals surface area contributed by atoms with Crippen molar-refractivity contribution < 1.29 is 27.1 Å². The minimum absolute atomic E-state index is 0.00926. The number of carbonyl (C=O) groups excluding carboxylic acids is 1. The van der Waals surface area contributed by atoms with Gasteiger partial charge < -0.3 is 14.6 Å². The number of alkyl halides is 3. The Balaban J connectivity index is 1.88. The lowest BCUT2D eigenvalue weighted by atomic mass is 10.0. The van der Waals surface area contributed by atoms with Gasteiger partial charge in [-0.1, -0.05) is 0 Å². The predicted octanol–water partition coefficient (Wildman–Crippen LogP) is 4.79. The molecule has 6 nitrogen and oxygen atoms in total. The van der Waals surface area contributed by atoms with Gasteiger partial charge in [0.15, 0.2) is 0 Å². The maximum atomic E-state index is 13.7. The Morgan fingerprint density at radius 3 is 2.25 bits per heavy atom. The number of fused-ring (bicyclic) bond motifs is 1. The number of nitrogens with one attached hydrogen (secondary N) is 1. The van der Waals surface area contributed by atoms with Crippen molar-refractivity contribution in [3.8, 4) is 5.75 Å². The summed E-state index contributed by atoms with van der Waals surface area (Å²) in [5.74, 6) is -1.55. The van der Waals surface area contributed by atoms with Crippen LogP contribution >= 0.6 is 0 Å². The zero-order valence-corrected chi connectivity index (χ0v) is 17.0. The Hall–Kier alpha value is -3.82. The highest BCUT2D eigenvalue weighted by Gasteiger charge is 2.35. The Morgan fingerprint density at radius 1 is 0.906 bits per heavy atom. The van der Waals surface area contributed by atoms with Crippen molar-refractivity contribution in [2.45, 2.75) is 20.2 Å². The maximum absolute atomic E-state index is 13.7. The van der Waals surface area contributed by atoms with Crippen molar-refractivity contribution in [3.63, 3.8) is 0 Å². The van der Waals surface area contributed by atoms with Crippen LogP contribution in [0.2, 0.25) is 0 Å². The fourth-order valence-electron chi connectivity index (χ4n) is 3.72. The first-order valence-corrected chi connectivity index (χ1v) is 9.49. The third kappa shape index (κ3) is 4.03. The van der Waals surface area contributed by atoms with Gasteiger partial charge in [-0.25, -0.2) is 4.39 Å². The number of benzene rings is 2. The molecule has 10 heteroatoms. The van der Waals surface area contributed by atoms with Gasteiger partial charge in [0.1, 0.15) is 18.2 Å². The van der Waals surface area contributed by atoms with E-state index in [0.29, 0.717) is 28.3 Å². The molecule has 0 saturated carbocycles. The van der Waals surface area contributed by atoms with E-state index in [1.807, 2.05) is 0 Å². The smallest absolute Gasteiger partial charge is 0.406 e. The average Bonchev–Trinajstić information content (AvgIpc) is 2.68. The minimum Gasteiger partial charge on any atom is -0.406 e. The van der Waals surface area contributed by atoms with Crippen molar-refractivity contribution in [3.05, 3.63) is 81.5 Å². The summed E-state index contributed by atoms with van der Waals surface area (Å²) in [5.41, 5.74) is 1.88. The van der Waals surface area contributed by atoms with Gasteiger partial charge in [0, 0.05) is 17.4 Å². The van der Waals surface area contributed by atoms with Crippen LogP contribution in [-0.2, 0) is 0 Å². The number of nitrogens with zero attached hydrogens (tertiary/aromatic N) is 2. The van der Waals surface area contributed by atoms with Crippen LogP contribution in [0, 0.1) is 19.7 Å². The first kappa shape index (κ1) is 21.4. The van der Waals surface area contributed by atoms with Crippen molar-refractivity contribution in [2.75, 3.05) is 16.5 Å². The number of aromatic amines is 1. The second kappa shape index (κ2) is 7.70. The summed E-state index contributed by atoms with van der Waals surface area (Å²) >= 11 is 0. The summed E-state index contributed by atoms with van der Waals surface area (Å²) in [6, 6.07) is 10.3. The number of rotatable bonds is 3. The molecule has 0 fully saturated rings. The monoisotopic (exact) mass is 447 g/mol. The Kier molecular flexibility index (Phi) is 5.15. The molecule has 3 aromatic rings. The minimum atomic E-state index is -4.92. The second-order valence-corrected chi connectivity index (χ2v) is 7.29. The van der Waals surface area contributed by atoms with Crippen LogP contribution in [0.1, 0.15) is 21.6 Å². The van der Waals surface area contributed by atoms with Crippen LogP contribution in [0.5, 0.6) is 5.75 Å². The first-order chi connectivity index (χ1) is 15.0. The highest BCUT2D eigenvalue weighted by molar-refractivity contribution is 6.13. The largest absolute Gasteiger partial charge is 0.573 e. The molecule has 1 N–H and O–H groups in total. The van der Waals surface area contributed by atoms with Crippen LogP contribution in [-0.4, -0.2) is 23.9 Å². The van der Waals surface area contributed by atoms with Crippen LogP contribution in [0.15, 0.2) is 53.3 Å². The van der Waals surface area contributed by atoms with Gasteiger partial charge in [0.05, 0.1) is 16.9 Å². The van der Waals surface area contributed by atoms with E-state index in [1.165, 1.54) is 41.3 Å². The Bertz CT molecular complexity index is 1270. The molecular weight excluding hydrogens is 430 g/mol. The number of H-pyrrole nitrogens is 1. The van der Waals surface area contributed by atoms with Gasteiger partial charge in [-0.3, -0.25) is 14.5 Å². The number of pyridine rings is 1. The van der Waals surface area contributed by atoms with Crippen molar-refractivity contribution in [1.29, 1.82) is 0 Å². The lowest BCUT2D eigenvalue weighted by molar-refractivity contribution is -0.274. The summed E-state index contributed by atoms with van der Waals surface area (Å²) < 4.78 is 55.9. The summed E-state index contributed by atoms with van der Waals surface area (Å²) in [7, 11) is 0. The molecule has 0 saturated heterocycles. The summed E-state index contributed by atoms with van der Waals surface area (Å²) in [6.07, 6.45) is -4.92. The number of anilines is 3. The number of carbonyl (C=O) groups is 1. The lowest BCUT2D eigenvalue weighted by Crippen LogP contribution is -2.45. The van der Waals surface area contributed by atoms with E-state index in [2.05, 4.69) is 9.72 Å². The van der Waals surface area contributed by atoms with E-state index in [4.69, 9.17) is 0 Å². The highest BCUT2D eigenvalue weighted by atomic mass is 19.4. The van der Waals surface area contributed by atoms with Gasteiger partial charge in [0.25, 0.3) is 5.91 Å². The molecule has 0 radical (unpaired) electrons. The average molecular weight is 447 g/mol. The summed E-state index contributed by atoms with van der Waals surface area (Å²) in [6.45, 7) is 3.28. The lowest BCUT2D eigenvalue weighted by Gasteiger charge is -2.39. The molecule has 0 bridgehead atoms. The van der Waals surface area contributed by atoms with Crippen molar-refractivity contribution in [1.82, 2.24) is 4.98 Å². The molecule has 0 unspecified atom stereocenters. The molecule has 2 aromatic carbocycles. The molecule has 1 aliphatic rings. The number of aryl methyl sites for hydroxylation is 2. The van der Waals surface area contributed by atoms with E-state index in [0.717, 1.165) is 12.1 Å². The zero-order valence-electron chi connectivity index (χ0n) is 17.0. The van der Waals surface area contributed by atoms with Gasteiger partial charge in [-0.05, 0) is 61.9 Å². The standard InChI is InChI=1S/C22H17F4N3O3/c1-12-9-14(23)3-5-17(12)28-11-29(18-7-8-20(30)27-13(18)2)21(31)16-10-15(4-6-19(16)28)32-22(24,25)26/h3-10H,11H2,1-2H3,(H,27,30). The van der Waals surface area contributed by atoms with Gasteiger partial charge in [-0.15, -0.1) is 13.2 Å². The third-order valence-corrected chi connectivity index (χ3v) is 5.08. The Labute approximate surface area is 179 Å². The van der Waals surface area contributed by atoms with Crippen LogP contribution in [0.25, 0.3) is 0 Å². The molecule has 1 aliphatic heterocycles. The van der Waals surface area contributed by atoms with E-state index in [1.54, 1.807) is 18.7 Å². The van der Waals surface area contributed by atoms with E-state index in [9.17, 15) is 27.2 Å². The van der Waals surface area contributed by atoms with Gasteiger partial charge >= 0.3 is 6.36 Å². The van der Waals surface area contributed by atoms with Gasteiger partial charge in [0.2, 0.25) is 5.56 Å². The molecular formula is C22H17F4N3O3. The fraction of sp³-hybridized carbons (Fsp3) is 0.182. The topological polar surface area (TPSA) is 65.6 Å². The van der Waals surface area contributed by atoms with Crippen molar-refractivity contribution in [2.24, 2.45) is 0 Å². The molecule has 0 aliphatic carbocycles. The molecule has 2 heterocycles. The van der Waals surface area contributed by atoms with E-state index >= 15 is 0 Å². The van der Waals surface area contributed by atoms with Gasteiger partial charge in [-0.2, -0.15) is 0 Å². The number of ether oxygens (including phenoxy) is 1. The molecule has 4 rings (SSSR count). The molecule has 0 atom stereocenters. The summed E-state index contributed by atoms with van der Waals surface area (Å²) in [5, 5.41) is 0. The van der Waals surface area contributed by atoms with E-state index in [-0.39, 0.29) is 17.8 Å². The second-order valence-electron chi connectivity index (χ2n) is 7.29. The SMILES string of the molecule is Cc1cc(F)ccc1N1CN(c2ccc(=O)[nH]c2C)C(=O)c2cc(OC(F)(F)F)ccc21. The third-order valence-electron chi connectivity index (χ3n) is 5.08. The number of aromatic nitrogens is 1. The van der Waals surface area contributed by atoms with Crippen LogP contribution in [0.3, 0.4) is 0 Å². The normalized spacial score (nSPS) is 13.9. The Morgan fingerprint density at radius 2 is 1.59 bits per heavy atom. The van der Waals surface area contributed by atoms with Crippen LogP contribution < -0.4 is 20.1 Å². The predicted molar refractivity (Wildman–Crippen MR) is 110 cm³/mol. The molecule has 1 aromatic heterocycles. The first-order valence-electron chi connectivity index (χ1n) is 9.49. The zero-order chi connectivity index (χ0) is 23.2. The fourth-order valence-corrected chi connectivity index (χ4v) is 3.72. The quantitative estimate of drug-likeness (QED) is 0.587. The number of hydrogen-bond donors (Lipinski definition) is 1. The maximum Gasteiger partial charge on any atom is 0.573 e. The number of amides is 1. The summed E-state index contributed by atoms with van der Waals surface area (Å²) in [4.78, 5) is 30.5. The van der Waals surface area contributed by atoms with Crippen LogP contribution in [0.4, 0.5) is 34.6 Å². The molecule has 32 heavy (non-hydrogen) atoms. The number of halogens is 4. The highest BCUT2D eigenvalue weighted by Crippen LogP contribution is 2.39.